The smallest absolute Gasteiger partial charge is 0.254 e. The van der Waals surface area contributed by atoms with Crippen molar-refractivity contribution in [3.05, 3.63) is 34.9 Å². The summed E-state index contributed by atoms with van der Waals surface area (Å²) in [5.74, 6) is 0.158. The highest BCUT2D eigenvalue weighted by atomic mass is 35.5. The predicted octanol–water partition coefficient (Wildman–Crippen LogP) is 5.40. The SMILES string of the molecule is CCC(C)N(CCC(=O)N1CC2(C)CC1CC(C)(C)C2)C(=O)c1ccc(Cl)cc1. The minimum atomic E-state index is -0.0305. The van der Waals surface area contributed by atoms with Gasteiger partial charge in [-0.3, -0.25) is 9.59 Å². The number of benzene rings is 1. The van der Waals surface area contributed by atoms with E-state index >= 15 is 0 Å². The molecule has 2 fully saturated rings. The lowest BCUT2D eigenvalue weighted by atomic mass is 9.65. The highest BCUT2D eigenvalue weighted by molar-refractivity contribution is 6.30. The van der Waals surface area contributed by atoms with Gasteiger partial charge in [0, 0.05) is 42.2 Å². The van der Waals surface area contributed by atoms with Gasteiger partial charge in [-0.2, -0.15) is 0 Å². The largest absolute Gasteiger partial charge is 0.339 e. The summed E-state index contributed by atoms with van der Waals surface area (Å²) in [4.78, 5) is 30.1. The van der Waals surface area contributed by atoms with Crippen LogP contribution in [0.3, 0.4) is 0 Å². The maximum Gasteiger partial charge on any atom is 0.254 e. The first kappa shape index (κ1) is 22.1. The fourth-order valence-electron chi connectivity index (χ4n) is 5.61. The van der Waals surface area contributed by atoms with Crippen LogP contribution in [0, 0.1) is 10.8 Å². The van der Waals surface area contributed by atoms with Gasteiger partial charge in [0.25, 0.3) is 5.91 Å². The van der Waals surface area contributed by atoms with Crippen LogP contribution in [0.15, 0.2) is 24.3 Å². The second-order valence-electron chi connectivity index (χ2n) is 10.2. The molecule has 1 saturated carbocycles. The van der Waals surface area contributed by atoms with E-state index in [4.69, 9.17) is 11.6 Å². The third kappa shape index (κ3) is 4.96. The van der Waals surface area contributed by atoms with Crippen molar-refractivity contribution < 1.29 is 9.59 Å². The number of likely N-dealkylation sites (tertiary alicyclic amines) is 1. The molecule has 4 nitrogen and oxygen atoms in total. The summed E-state index contributed by atoms with van der Waals surface area (Å²) >= 11 is 5.96. The third-order valence-corrected chi connectivity index (χ3v) is 7.03. The number of fused-ring (bicyclic) bond motifs is 2. The fraction of sp³-hybridized carbons (Fsp3) is 0.667. The van der Waals surface area contributed by atoms with Gasteiger partial charge < -0.3 is 9.80 Å². The fourth-order valence-corrected chi connectivity index (χ4v) is 5.74. The first-order chi connectivity index (χ1) is 13.5. The highest BCUT2D eigenvalue weighted by Crippen LogP contribution is 2.52. The topological polar surface area (TPSA) is 40.6 Å². The maximum absolute atomic E-state index is 13.1. The van der Waals surface area contributed by atoms with Gasteiger partial charge in [-0.25, -0.2) is 0 Å². The Kier molecular flexibility index (Phi) is 6.33. The van der Waals surface area contributed by atoms with Gasteiger partial charge in [0.15, 0.2) is 0 Å². The van der Waals surface area contributed by atoms with Gasteiger partial charge in [0.1, 0.15) is 0 Å². The third-order valence-electron chi connectivity index (χ3n) is 6.78. The number of hydrogen-bond donors (Lipinski definition) is 0. The van der Waals surface area contributed by atoms with Gasteiger partial charge >= 0.3 is 0 Å². The summed E-state index contributed by atoms with van der Waals surface area (Å²) < 4.78 is 0. The molecule has 3 unspecified atom stereocenters. The summed E-state index contributed by atoms with van der Waals surface area (Å²) in [7, 11) is 0. The maximum atomic E-state index is 13.1. The Morgan fingerprint density at radius 3 is 2.48 bits per heavy atom. The molecule has 2 bridgehead atoms. The van der Waals surface area contributed by atoms with Crippen LogP contribution in [0.1, 0.15) is 77.1 Å². The quantitative estimate of drug-likeness (QED) is 0.620. The Labute approximate surface area is 180 Å². The van der Waals surface area contributed by atoms with E-state index in [0.29, 0.717) is 35.0 Å². The Hall–Kier alpha value is -1.55. The van der Waals surface area contributed by atoms with Gasteiger partial charge in [0.05, 0.1) is 0 Å². The molecular formula is C24H35ClN2O2. The van der Waals surface area contributed by atoms with E-state index in [1.165, 1.54) is 6.42 Å². The molecule has 1 aliphatic heterocycles. The van der Waals surface area contributed by atoms with Crippen molar-refractivity contribution in [2.24, 2.45) is 10.8 Å². The molecule has 3 atom stereocenters. The van der Waals surface area contributed by atoms with E-state index in [2.05, 4.69) is 32.6 Å². The van der Waals surface area contributed by atoms with Crippen LogP contribution >= 0.6 is 11.6 Å². The summed E-state index contributed by atoms with van der Waals surface area (Å²) in [6, 6.07) is 7.42. The van der Waals surface area contributed by atoms with Crippen molar-refractivity contribution in [2.75, 3.05) is 13.1 Å². The Bertz CT molecular complexity index is 761. The van der Waals surface area contributed by atoms with Crippen molar-refractivity contribution in [1.82, 2.24) is 9.80 Å². The molecule has 0 radical (unpaired) electrons. The molecule has 0 aromatic heterocycles. The van der Waals surface area contributed by atoms with Crippen LogP contribution in [-0.2, 0) is 4.79 Å². The zero-order valence-corrected chi connectivity index (χ0v) is 19.3. The molecule has 1 aromatic carbocycles. The van der Waals surface area contributed by atoms with Crippen LogP contribution in [-0.4, -0.2) is 46.8 Å². The first-order valence-electron chi connectivity index (χ1n) is 10.9. The van der Waals surface area contributed by atoms with E-state index in [0.717, 1.165) is 25.8 Å². The first-order valence-corrected chi connectivity index (χ1v) is 11.3. The van der Waals surface area contributed by atoms with Crippen LogP contribution in [0.4, 0.5) is 0 Å². The number of rotatable bonds is 6. The second kappa shape index (κ2) is 8.29. The lowest BCUT2D eigenvalue weighted by Gasteiger charge is -2.39. The summed E-state index contributed by atoms with van der Waals surface area (Å²) in [5.41, 5.74) is 1.14. The van der Waals surface area contributed by atoms with Crippen molar-refractivity contribution in [3.63, 3.8) is 0 Å². The molecular weight excluding hydrogens is 384 g/mol. The highest BCUT2D eigenvalue weighted by Gasteiger charge is 2.50. The summed E-state index contributed by atoms with van der Waals surface area (Å²) in [6.45, 7) is 12.4. The minimum Gasteiger partial charge on any atom is -0.339 e. The normalized spacial score (nSPS) is 26.3. The van der Waals surface area contributed by atoms with E-state index < -0.39 is 0 Å². The molecule has 2 aliphatic rings. The monoisotopic (exact) mass is 418 g/mol. The van der Waals surface area contributed by atoms with E-state index in [1.54, 1.807) is 24.3 Å². The van der Waals surface area contributed by atoms with E-state index in [1.807, 2.05) is 11.8 Å². The standard InChI is InChI=1S/C24H35ClN2O2/c1-6-17(2)26(22(29)18-7-9-19(25)10-8-18)12-11-21(28)27-16-24(5)14-20(27)13-23(3,4)15-24/h7-10,17,20H,6,11-16H2,1-5H3. The molecule has 2 amide bonds. The Morgan fingerprint density at radius 1 is 1.21 bits per heavy atom. The van der Waals surface area contributed by atoms with Crippen LogP contribution < -0.4 is 0 Å². The number of halogens is 1. The average molecular weight is 419 g/mol. The molecule has 0 N–H and O–H groups in total. The molecule has 5 heteroatoms. The zero-order valence-electron chi connectivity index (χ0n) is 18.5. The summed E-state index contributed by atoms with van der Waals surface area (Å²) in [6.07, 6.45) is 4.60. The van der Waals surface area contributed by atoms with Gasteiger partial charge in [-0.05, 0) is 67.7 Å². The summed E-state index contributed by atoms with van der Waals surface area (Å²) in [5, 5.41) is 0.614. The molecule has 1 aliphatic carbocycles. The minimum absolute atomic E-state index is 0.0305. The number of nitrogens with zero attached hydrogens (tertiary/aromatic N) is 2. The van der Waals surface area contributed by atoms with Gasteiger partial charge in [-0.15, -0.1) is 0 Å². The van der Waals surface area contributed by atoms with Crippen LogP contribution in [0.5, 0.6) is 0 Å². The van der Waals surface area contributed by atoms with E-state index in [9.17, 15) is 9.59 Å². The number of carbonyl (C=O) groups excluding carboxylic acids is 2. The zero-order chi connectivity index (χ0) is 21.4. The molecule has 0 spiro atoms. The van der Waals surface area contributed by atoms with Crippen molar-refractivity contribution in [2.45, 2.75) is 78.8 Å². The molecule has 1 heterocycles. The molecule has 3 rings (SSSR count). The van der Waals surface area contributed by atoms with Crippen molar-refractivity contribution in [3.8, 4) is 0 Å². The Balaban J connectivity index is 1.67. The van der Waals surface area contributed by atoms with Crippen molar-refractivity contribution in [1.29, 1.82) is 0 Å². The molecule has 1 saturated heterocycles. The van der Waals surface area contributed by atoms with Gasteiger partial charge in [0.2, 0.25) is 5.91 Å². The second-order valence-corrected chi connectivity index (χ2v) is 10.7. The Morgan fingerprint density at radius 2 is 1.86 bits per heavy atom. The predicted molar refractivity (Wildman–Crippen MR) is 118 cm³/mol. The molecule has 160 valence electrons. The average Bonchev–Trinajstić information content (AvgIpc) is 2.90. The lowest BCUT2D eigenvalue weighted by Crippen LogP contribution is -2.43. The van der Waals surface area contributed by atoms with Crippen LogP contribution in [0.25, 0.3) is 0 Å². The number of carbonyl (C=O) groups is 2. The van der Waals surface area contributed by atoms with E-state index in [-0.39, 0.29) is 23.3 Å². The van der Waals surface area contributed by atoms with Crippen molar-refractivity contribution >= 4 is 23.4 Å². The molecule has 1 aromatic rings. The van der Waals surface area contributed by atoms with Crippen LogP contribution in [0.2, 0.25) is 5.02 Å². The van der Waals surface area contributed by atoms with Gasteiger partial charge in [-0.1, -0.05) is 39.3 Å². The number of hydrogen-bond acceptors (Lipinski definition) is 2. The lowest BCUT2D eigenvalue weighted by molar-refractivity contribution is -0.132. The molecule has 29 heavy (non-hydrogen) atoms. The number of amides is 2.